The SMILES string of the molecule is C[N+](C)(C)CC(O)(CC(=O)[O-])C(=O)CCCCS.Cl. The zero-order chi connectivity index (χ0) is 14.4. The summed E-state index contributed by atoms with van der Waals surface area (Å²) >= 11 is 4.04. The molecule has 19 heavy (non-hydrogen) atoms. The molecule has 5 nitrogen and oxygen atoms in total. The van der Waals surface area contributed by atoms with Gasteiger partial charge in [0.1, 0.15) is 6.54 Å². The molecule has 0 saturated heterocycles. The summed E-state index contributed by atoms with van der Waals surface area (Å²) in [7, 11) is 5.38. The molecule has 114 valence electrons. The Hall–Kier alpha value is -0.300. The number of carbonyl (C=O) groups is 2. The van der Waals surface area contributed by atoms with Gasteiger partial charge in [0, 0.05) is 18.8 Å². The lowest BCUT2D eigenvalue weighted by Gasteiger charge is -2.34. The maximum atomic E-state index is 12.0. The van der Waals surface area contributed by atoms with Crippen LogP contribution in [0.25, 0.3) is 0 Å². The van der Waals surface area contributed by atoms with Crippen molar-refractivity contribution in [3.8, 4) is 0 Å². The number of thiol groups is 1. The van der Waals surface area contributed by atoms with Crippen LogP contribution < -0.4 is 5.11 Å². The number of carboxylic acids is 1. The van der Waals surface area contributed by atoms with E-state index < -0.39 is 23.8 Å². The quantitative estimate of drug-likeness (QED) is 0.347. The van der Waals surface area contributed by atoms with Crippen molar-refractivity contribution in [2.45, 2.75) is 31.3 Å². The number of ketones is 1. The van der Waals surface area contributed by atoms with Crippen LogP contribution in [0.4, 0.5) is 0 Å². The van der Waals surface area contributed by atoms with Crippen molar-refractivity contribution in [2.24, 2.45) is 0 Å². The smallest absolute Gasteiger partial charge is 0.177 e. The Morgan fingerprint density at radius 1 is 1.26 bits per heavy atom. The third-order valence-corrected chi connectivity index (χ3v) is 2.82. The van der Waals surface area contributed by atoms with Crippen LogP contribution in [0.2, 0.25) is 0 Å². The minimum atomic E-state index is -1.84. The molecule has 0 amide bonds. The first-order valence-corrected chi connectivity index (χ1v) is 6.61. The Labute approximate surface area is 126 Å². The number of likely N-dealkylation sites (N-methyl/N-ethyl adjacent to an activating group) is 1. The molecule has 0 rings (SSSR count). The van der Waals surface area contributed by atoms with Crippen molar-refractivity contribution in [1.29, 1.82) is 0 Å². The second kappa shape index (κ2) is 8.79. The highest BCUT2D eigenvalue weighted by Crippen LogP contribution is 2.18. The third-order valence-electron chi connectivity index (χ3n) is 2.50. The molecule has 1 atom stereocenters. The number of unbranched alkanes of at least 4 members (excludes halogenated alkanes) is 1. The lowest BCUT2D eigenvalue weighted by molar-refractivity contribution is -0.875. The summed E-state index contributed by atoms with van der Waals surface area (Å²) < 4.78 is 0.308. The van der Waals surface area contributed by atoms with Gasteiger partial charge in [-0.3, -0.25) is 4.79 Å². The molecule has 0 aromatic heterocycles. The maximum Gasteiger partial charge on any atom is 0.177 e. The fourth-order valence-electron chi connectivity index (χ4n) is 1.90. The maximum absolute atomic E-state index is 12.0. The summed E-state index contributed by atoms with van der Waals surface area (Å²) in [6.07, 6.45) is 0.891. The van der Waals surface area contributed by atoms with Gasteiger partial charge in [-0.2, -0.15) is 12.6 Å². The number of hydrogen-bond acceptors (Lipinski definition) is 5. The van der Waals surface area contributed by atoms with Crippen molar-refractivity contribution in [2.75, 3.05) is 33.4 Å². The van der Waals surface area contributed by atoms with Crippen molar-refractivity contribution in [3.63, 3.8) is 0 Å². The van der Waals surface area contributed by atoms with E-state index in [1.807, 2.05) is 0 Å². The van der Waals surface area contributed by atoms with Gasteiger partial charge in [-0.25, -0.2) is 0 Å². The topological polar surface area (TPSA) is 77.4 Å². The number of Topliss-reactive ketones (excluding diaryl/α,β-unsaturated/α-hetero) is 1. The van der Waals surface area contributed by atoms with Crippen LogP contribution in [0.1, 0.15) is 25.7 Å². The number of nitrogens with zero attached hydrogens (tertiary/aromatic N) is 1. The van der Waals surface area contributed by atoms with Crippen LogP contribution in [0, 0.1) is 0 Å². The Kier molecular flexibility index (Phi) is 9.72. The van der Waals surface area contributed by atoms with E-state index in [0.717, 1.165) is 6.42 Å². The number of aliphatic hydroxyl groups is 1. The Bertz CT molecular complexity index is 307. The van der Waals surface area contributed by atoms with Gasteiger partial charge in [0.2, 0.25) is 0 Å². The molecule has 0 radical (unpaired) electrons. The number of carbonyl (C=O) groups excluding carboxylic acids is 2. The minimum absolute atomic E-state index is 0. The molecule has 0 spiro atoms. The van der Waals surface area contributed by atoms with Gasteiger partial charge in [0.15, 0.2) is 11.4 Å². The second-order valence-electron chi connectivity index (χ2n) is 5.63. The average molecular weight is 314 g/mol. The zero-order valence-electron chi connectivity index (χ0n) is 11.7. The van der Waals surface area contributed by atoms with Crippen LogP contribution >= 0.6 is 25.0 Å². The number of hydrogen-bond donors (Lipinski definition) is 2. The Balaban J connectivity index is 0. The predicted molar refractivity (Wildman–Crippen MR) is 77.4 cm³/mol. The van der Waals surface area contributed by atoms with Crippen molar-refractivity contribution in [3.05, 3.63) is 0 Å². The van der Waals surface area contributed by atoms with E-state index in [-0.39, 0.29) is 25.4 Å². The van der Waals surface area contributed by atoms with Gasteiger partial charge >= 0.3 is 0 Å². The fourth-order valence-corrected chi connectivity index (χ4v) is 2.12. The molecule has 0 aliphatic carbocycles. The molecule has 0 heterocycles. The van der Waals surface area contributed by atoms with Crippen LogP contribution in [-0.4, -0.2) is 60.4 Å². The van der Waals surface area contributed by atoms with Gasteiger partial charge in [-0.1, -0.05) is 0 Å². The highest BCUT2D eigenvalue weighted by Gasteiger charge is 2.40. The standard InChI is InChI=1S/C12H23NO4S.ClH/c1-13(2,3)9-12(17,8-11(15)16)10(14)6-4-5-7-18;/h17H,4-9H2,1-3H3,(H-,15,16,18);1H. The highest BCUT2D eigenvalue weighted by atomic mass is 35.5. The summed E-state index contributed by atoms with van der Waals surface area (Å²) in [6.45, 7) is 0.0562. The van der Waals surface area contributed by atoms with E-state index in [1.165, 1.54) is 0 Å². The summed E-state index contributed by atoms with van der Waals surface area (Å²) in [5.74, 6) is -1.17. The van der Waals surface area contributed by atoms with Crippen LogP contribution in [0.3, 0.4) is 0 Å². The number of halogens is 1. The van der Waals surface area contributed by atoms with Gasteiger partial charge in [0.25, 0.3) is 0 Å². The van der Waals surface area contributed by atoms with E-state index in [2.05, 4.69) is 12.6 Å². The van der Waals surface area contributed by atoms with Gasteiger partial charge in [-0.05, 0) is 18.6 Å². The second-order valence-corrected chi connectivity index (χ2v) is 6.08. The number of carboxylic acid groups (broad SMARTS) is 1. The lowest BCUT2D eigenvalue weighted by Crippen LogP contribution is -2.56. The predicted octanol–water partition coefficient (Wildman–Crippen LogP) is -0.345. The molecular formula is C12H24ClNO4S. The Morgan fingerprint density at radius 2 is 1.79 bits per heavy atom. The van der Waals surface area contributed by atoms with E-state index >= 15 is 0 Å². The van der Waals surface area contributed by atoms with Crippen molar-refractivity contribution in [1.82, 2.24) is 0 Å². The lowest BCUT2D eigenvalue weighted by atomic mass is 9.90. The number of aliphatic carboxylic acids is 1. The van der Waals surface area contributed by atoms with Crippen molar-refractivity contribution < 1.29 is 24.3 Å². The molecule has 1 unspecified atom stereocenters. The highest BCUT2D eigenvalue weighted by molar-refractivity contribution is 7.80. The van der Waals surface area contributed by atoms with Crippen LogP contribution in [0.5, 0.6) is 0 Å². The molecule has 0 aromatic carbocycles. The van der Waals surface area contributed by atoms with Crippen LogP contribution in [0.15, 0.2) is 0 Å². The first kappa shape index (κ1) is 21.0. The summed E-state index contributed by atoms with van der Waals surface area (Å²) in [6, 6.07) is 0. The molecule has 0 aliphatic heterocycles. The molecule has 0 saturated carbocycles. The third kappa shape index (κ3) is 9.27. The van der Waals surface area contributed by atoms with Gasteiger partial charge in [0.05, 0.1) is 21.1 Å². The van der Waals surface area contributed by atoms with E-state index in [1.54, 1.807) is 21.1 Å². The molecule has 0 bridgehead atoms. The zero-order valence-corrected chi connectivity index (χ0v) is 13.4. The first-order valence-electron chi connectivity index (χ1n) is 5.97. The average Bonchev–Trinajstić information content (AvgIpc) is 2.13. The molecular weight excluding hydrogens is 290 g/mol. The summed E-state index contributed by atoms with van der Waals surface area (Å²) in [5.41, 5.74) is -1.84. The van der Waals surface area contributed by atoms with E-state index in [0.29, 0.717) is 16.7 Å². The van der Waals surface area contributed by atoms with E-state index in [9.17, 15) is 19.8 Å². The first-order chi connectivity index (χ1) is 8.10. The van der Waals surface area contributed by atoms with Crippen molar-refractivity contribution >= 4 is 36.8 Å². The fraction of sp³-hybridized carbons (Fsp3) is 0.833. The van der Waals surface area contributed by atoms with E-state index in [4.69, 9.17) is 0 Å². The summed E-state index contributed by atoms with van der Waals surface area (Å²) in [4.78, 5) is 22.7. The Morgan fingerprint density at radius 3 is 2.16 bits per heavy atom. The molecule has 0 fully saturated rings. The normalized spacial score (nSPS) is 14.4. The number of quaternary nitrogens is 1. The molecule has 7 heteroatoms. The molecule has 0 aliphatic rings. The number of rotatable bonds is 9. The molecule has 0 aromatic rings. The van der Waals surface area contributed by atoms with Gasteiger partial charge < -0.3 is 19.5 Å². The monoisotopic (exact) mass is 313 g/mol. The molecule has 1 N–H and O–H groups in total. The largest absolute Gasteiger partial charge is 0.550 e. The van der Waals surface area contributed by atoms with Crippen LogP contribution in [-0.2, 0) is 9.59 Å². The minimum Gasteiger partial charge on any atom is -0.550 e. The van der Waals surface area contributed by atoms with Gasteiger partial charge in [-0.15, -0.1) is 12.4 Å². The summed E-state index contributed by atoms with van der Waals surface area (Å²) in [5, 5.41) is 21.0.